The van der Waals surface area contributed by atoms with Crippen LogP contribution in [0.15, 0.2) is 48.5 Å². The second-order valence-corrected chi connectivity index (χ2v) is 6.23. The molecule has 0 radical (unpaired) electrons. The van der Waals surface area contributed by atoms with Crippen LogP contribution in [0.4, 0.5) is 4.39 Å². The third kappa shape index (κ3) is 2.87. The van der Waals surface area contributed by atoms with Crippen molar-refractivity contribution in [3.63, 3.8) is 0 Å². The maximum atomic E-state index is 14.0. The highest BCUT2D eigenvalue weighted by molar-refractivity contribution is 5.88. The maximum absolute atomic E-state index is 14.0. The first-order valence-electron chi connectivity index (χ1n) is 7.98. The van der Waals surface area contributed by atoms with Gasteiger partial charge in [0.1, 0.15) is 17.7 Å². The van der Waals surface area contributed by atoms with Crippen molar-refractivity contribution in [3.8, 4) is 5.75 Å². The van der Waals surface area contributed by atoms with Crippen molar-refractivity contribution in [2.75, 3.05) is 0 Å². The number of carbonyl (C=O) groups excluding carboxylic acids is 1. The average molecular weight is 329 g/mol. The lowest BCUT2D eigenvalue weighted by Gasteiger charge is -2.29. The van der Waals surface area contributed by atoms with E-state index in [-0.39, 0.29) is 11.9 Å². The number of rotatable bonds is 4. The predicted octanol–water partition coefficient (Wildman–Crippen LogP) is 3.51. The van der Waals surface area contributed by atoms with Crippen LogP contribution in [0, 0.1) is 12.7 Å². The number of hydrogen-bond acceptors (Lipinski definition) is 3. The molecule has 0 aromatic heterocycles. The van der Waals surface area contributed by atoms with Crippen molar-refractivity contribution in [3.05, 3.63) is 65.5 Å². The van der Waals surface area contributed by atoms with E-state index in [2.05, 4.69) is 0 Å². The van der Waals surface area contributed by atoms with Crippen LogP contribution in [0.3, 0.4) is 0 Å². The van der Waals surface area contributed by atoms with Gasteiger partial charge in [0.2, 0.25) is 0 Å². The second kappa shape index (κ2) is 6.61. The quantitative estimate of drug-likeness (QED) is 0.667. The predicted molar refractivity (Wildman–Crippen MR) is 87.5 cm³/mol. The minimum Gasteiger partial charge on any atom is -0.490 e. The third-order valence-electron chi connectivity index (χ3n) is 4.83. The minimum atomic E-state index is -0.986. The fourth-order valence-corrected chi connectivity index (χ4v) is 3.60. The Morgan fingerprint density at radius 2 is 2.00 bits per heavy atom. The molecular weight excluding hydrogens is 309 g/mol. The molecule has 0 heterocycles. The lowest BCUT2D eigenvalue weighted by Crippen LogP contribution is -2.42. The molecule has 4 nitrogen and oxygen atoms in total. The summed E-state index contributed by atoms with van der Waals surface area (Å²) < 4.78 is 19.9. The molecule has 0 unspecified atom stereocenters. The van der Waals surface area contributed by atoms with Gasteiger partial charge in [0.05, 0.1) is 5.41 Å². The summed E-state index contributed by atoms with van der Waals surface area (Å²) in [6, 6.07) is 14.1. The van der Waals surface area contributed by atoms with Gasteiger partial charge in [-0.2, -0.15) is 0 Å². The van der Waals surface area contributed by atoms with Gasteiger partial charge >= 0.3 is 0 Å². The van der Waals surface area contributed by atoms with Crippen LogP contribution in [0.1, 0.15) is 30.4 Å². The maximum Gasteiger partial charge on any atom is 0.254 e. The number of ether oxygens (including phenoxy) is 1. The zero-order valence-electron chi connectivity index (χ0n) is 13.5. The largest absolute Gasteiger partial charge is 0.490 e. The van der Waals surface area contributed by atoms with Crippen molar-refractivity contribution >= 4 is 5.91 Å². The summed E-state index contributed by atoms with van der Waals surface area (Å²) in [6.07, 6.45) is 1.35. The standard InChI is InChI=1S/C19H20FNO3/c1-13-16(8-5-9-17(13)20)19(18(22)21-23)11-10-15(12-19)24-14-6-3-2-4-7-14/h2-9,15,23H,10-12H2,1H3,(H,21,22)/t15-,19-/m0/s1. The molecular formula is C19H20FNO3. The topological polar surface area (TPSA) is 58.6 Å². The fraction of sp³-hybridized carbons (Fsp3) is 0.316. The first-order valence-corrected chi connectivity index (χ1v) is 7.98. The lowest BCUT2D eigenvalue weighted by atomic mass is 9.76. The molecule has 2 N–H and O–H groups in total. The average Bonchev–Trinajstić information content (AvgIpc) is 3.02. The van der Waals surface area contributed by atoms with E-state index in [9.17, 15) is 14.4 Å². The molecule has 2 atom stereocenters. The Hall–Kier alpha value is -2.40. The third-order valence-corrected chi connectivity index (χ3v) is 4.83. The van der Waals surface area contributed by atoms with Crippen molar-refractivity contribution in [2.24, 2.45) is 0 Å². The summed E-state index contributed by atoms with van der Waals surface area (Å²) in [6.45, 7) is 1.66. The molecule has 1 amide bonds. The van der Waals surface area contributed by atoms with Crippen LogP contribution in [0.5, 0.6) is 5.75 Å². The normalized spacial score (nSPS) is 23.0. The monoisotopic (exact) mass is 329 g/mol. The van der Waals surface area contributed by atoms with Crippen LogP contribution in [-0.4, -0.2) is 17.2 Å². The molecule has 0 bridgehead atoms. The molecule has 3 rings (SSSR count). The molecule has 1 fully saturated rings. The van der Waals surface area contributed by atoms with Crippen molar-refractivity contribution < 1.29 is 19.1 Å². The van der Waals surface area contributed by atoms with Crippen LogP contribution >= 0.6 is 0 Å². The molecule has 1 saturated carbocycles. The van der Waals surface area contributed by atoms with E-state index in [4.69, 9.17) is 4.74 Å². The zero-order valence-corrected chi connectivity index (χ0v) is 13.5. The van der Waals surface area contributed by atoms with Crippen LogP contribution in [-0.2, 0) is 10.2 Å². The molecule has 2 aromatic carbocycles. The molecule has 1 aliphatic rings. The van der Waals surface area contributed by atoms with Gasteiger partial charge in [0, 0.05) is 6.42 Å². The first-order chi connectivity index (χ1) is 11.6. The van der Waals surface area contributed by atoms with E-state index >= 15 is 0 Å². The fourth-order valence-electron chi connectivity index (χ4n) is 3.60. The van der Waals surface area contributed by atoms with Gasteiger partial charge in [-0.3, -0.25) is 10.0 Å². The Morgan fingerprint density at radius 1 is 1.25 bits per heavy atom. The number of para-hydroxylation sites is 1. The second-order valence-electron chi connectivity index (χ2n) is 6.23. The molecule has 0 spiro atoms. The summed E-state index contributed by atoms with van der Waals surface area (Å²) in [5.41, 5.74) is 1.81. The summed E-state index contributed by atoms with van der Waals surface area (Å²) in [7, 11) is 0. The van der Waals surface area contributed by atoms with Gasteiger partial charge in [-0.15, -0.1) is 0 Å². The first kappa shape index (κ1) is 16.5. The Morgan fingerprint density at radius 3 is 2.71 bits per heavy atom. The van der Waals surface area contributed by atoms with Crippen molar-refractivity contribution in [1.29, 1.82) is 0 Å². The van der Waals surface area contributed by atoms with E-state index in [0.717, 1.165) is 5.75 Å². The molecule has 0 saturated heterocycles. The van der Waals surface area contributed by atoms with E-state index < -0.39 is 11.3 Å². The molecule has 1 aliphatic carbocycles. The van der Waals surface area contributed by atoms with Crippen molar-refractivity contribution in [2.45, 2.75) is 37.7 Å². The Kier molecular flexibility index (Phi) is 4.53. The number of carbonyl (C=O) groups is 1. The molecule has 126 valence electrons. The van der Waals surface area contributed by atoms with Crippen molar-refractivity contribution in [1.82, 2.24) is 5.48 Å². The smallest absolute Gasteiger partial charge is 0.254 e. The zero-order chi connectivity index (χ0) is 17.2. The Bertz CT molecular complexity index is 735. The van der Waals surface area contributed by atoms with E-state index in [1.54, 1.807) is 24.5 Å². The van der Waals surface area contributed by atoms with Crippen LogP contribution in [0.25, 0.3) is 0 Å². The summed E-state index contributed by atoms with van der Waals surface area (Å²) in [5, 5.41) is 9.22. The van der Waals surface area contributed by atoms with E-state index in [1.165, 1.54) is 6.07 Å². The number of hydroxylamine groups is 1. The minimum absolute atomic E-state index is 0.174. The Balaban J connectivity index is 1.91. The van der Waals surface area contributed by atoms with Gasteiger partial charge in [0.25, 0.3) is 5.91 Å². The number of halogens is 1. The summed E-state index contributed by atoms with van der Waals surface area (Å²) in [4.78, 5) is 12.5. The molecule has 2 aromatic rings. The van der Waals surface area contributed by atoms with E-state index in [1.807, 2.05) is 30.3 Å². The number of amides is 1. The van der Waals surface area contributed by atoms with Gasteiger partial charge in [-0.25, -0.2) is 9.87 Å². The van der Waals surface area contributed by atoms with Gasteiger partial charge < -0.3 is 4.74 Å². The Labute approximate surface area is 140 Å². The SMILES string of the molecule is Cc1c(F)cccc1[C@]1(C(=O)NO)CC[C@H](Oc2ccccc2)C1. The molecule has 5 heteroatoms. The highest BCUT2D eigenvalue weighted by Crippen LogP contribution is 2.44. The van der Waals surface area contributed by atoms with Crippen LogP contribution < -0.4 is 10.2 Å². The van der Waals surface area contributed by atoms with Gasteiger partial charge in [0.15, 0.2) is 0 Å². The highest BCUT2D eigenvalue weighted by Gasteiger charge is 2.48. The van der Waals surface area contributed by atoms with Gasteiger partial charge in [-0.05, 0) is 49.1 Å². The lowest BCUT2D eigenvalue weighted by molar-refractivity contribution is -0.135. The van der Waals surface area contributed by atoms with Crippen LogP contribution in [0.2, 0.25) is 0 Å². The molecule has 0 aliphatic heterocycles. The highest BCUT2D eigenvalue weighted by atomic mass is 19.1. The summed E-state index contributed by atoms with van der Waals surface area (Å²) in [5.74, 6) is -0.140. The molecule has 24 heavy (non-hydrogen) atoms. The van der Waals surface area contributed by atoms with Gasteiger partial charge in [-0.1, -0.05) is 30.3 Å². The number of benzene rings is 2. The van der Waals surface area contributed by atoms with E-state index in [0.29, 0.717) is 30.4 Å². The number of nitrogens with one attached hydrogen (secondary N) is 1. The number of hydrogen-bond donors (Lipinski definition) is 2. The summed E-state index contributed by atoms with van der Waals surface area (Å²) >= 11 is 0.